The molecule has 1 saturated heterocycles. The molecule has 0 aromatic rings. The van der Waals surface area contributed by atoms with E-state index in [1.807, 2.05) is 0 Å². The van der Waals surface area contributed by atoms with Crippen molar-refractivity contribution in [3.8, 4) is 0 Å². The number of hydrogen-bond acceptors (Lipinski definition) is 2. The molecule has 1 aliphatic heterocycles. The Labute approximate surface area is 70.7 Å². The van der Waals surface area contributed by atoms with Gasteiger partial charge in [0.25, 0.3) is 5.91 Å². The monoisotopic (exact) mass is 168 g/mol. The third-order valence-electron chi connectivity index (χ3n) is 2.68. The normalized spacial score (nSPS) is 30.5. The Kier molecular flexibility index (Phi) is 1.75. The fraction of sp³-hybridized carbons (Fsp3) is 0.750. The third-order valence-corrected chi connectivity index (χ3v) is 2.68. The van der Waals surface area contributed by atoms with Crippen molar-refractivity contribution in [2.45, 2.75) is 31.7 Å². The molecule has 0 aromatic carbocycles. The Morgan fingerprint density at radius 2 is 1.83 bits per heavy atom. The molecule has 12 heavy (non-hydrogen) atoms. The Morgan fingerprint density at radius 3 is 2.33 bits per heavy atom. The summed E-state index contributed by atoms with van der Waals surface area (Å²) in [4.78, 5) is 22.0. The van der Waals surface area contributed by atoms with Gasteiger partial charge in [0, 0.05) is 0 Å². The highest BCUT2D eigenvalue weighted by Gasteiger charge is 2.36. The zero-order valence-electron chi connectivity index (χ0n) is 6.80. The second kappa shape index (κ2) is 2.77. The Balaban J connectivity index is 2.03. The Morgan fingerprint density at radius 1 is 1.17 bits per heavy atom. The van der Waals surface area contributed by atoms with Crippen molar-refractivity contribution in [3.05, 3.63) is 0 Å². The molecule has 0 radical (unpaired) electrons. The molecule has 0 spiro atoms. The summed E-state index contributed by atoms with van der Waals surface area (Å²) in [5.74, 6) is 0.225. The number of rotatable bonds is 1. The van der Waals surface area contributed by atoms with Crippen LogP contribution in [0.15, 0.2) is 0 Å². The van der Waals surface area contributed by atoms with Gasteiger partial charge in [0.05, 0.1) is 0 Å². The molecule has 0 aromatic heterocycles. The van der Waals surface area contributed by atoms with E-state index in [4.69, 9.17) is 0 Å². The van der Waals surface area contributed by atoms with Crippen LogP contribution in [0.25, 0.3) is 0 Å². The first-order valence-electron chi connectivity index (χ1n) is 4.39. The molecule has 2 fully saturated rings. The molecule has 1 atom stereocenters. The Hall–Kier alpha value is -1.06. The van der Waals surface area contributed by atoms with E-state index in [2.05, 4.69) is 10.6 Å². The van der Waals surface area contributed by atoms with Crippen LogP contribution in [0, 0.1) is 5.92 Å². The predicted octanol–water partition coefficient (Wildman–Crippen LogP) is 0.385. The first-order chi connectivity index (χ1) is 5.77. The quantitative estimate of drug-likeness (QED) is 0.556. The van der Waals surface area contributed by atoms with E-state index < -0.39 is 0 Å². The van der Waals surface area contributed by atoms with Crippen molar-refractivity contribution in [1.82, 2.24) is 10.6 Å². The highest BCUT2D eigenvalue weighted by Crippen LogP contribution is 2.28. The number of urea groups is 1. The topological polar surface area (TPSA) is 58.2 Å². The van der Waals surface area contributed by atoms with E-state index in [0.717, 1.165) is 12.8 Å². The molecule has 66 valence electrons. The second-order valence-corrected chi connectivity index (χ2v) is 3.48. The van der Waals surface area contributed by atoms with Crippen molar-refractivity contribution >= 4 is 11.9 Å². The summed E-state index contributed by atoms with van der Waals surface area (Å²) in [6, 6.07) is -0.586. The van der Waals surface area contributed by atoms with Gasteiger partial charge in [-0.1, -0.05) is 12.8 Å². The van der Waals surface area contributed by atoms with Gasteiger partial charge in [-0.3, -0.25) is 10.1 Å². The molecule has 1 aliphatic carbocycles. The summed E-state index contributed by atoms with van der Waals surface area (Å²) in [7, 11) is 0. The average Bonchev–Trinajstić information content (AvgIpc) is 2.58. The van der Waals surface area contributed by atoms with Crippen LogP contribution in [0.1, 0.15) is 25.7 Å². The molecule has 1 heterocycles. The number of carbonyl (C=O) groups excluding carboxylic acids is 2. The fourth-order valence-corrected chi connectivity index (χ4v) is 2.06. The number of amides is 3. The SMILES string of the molecule is O=C1NC(=O)C(C2CCCC2)N1. The lowest BCUT2D eigenvalue weighted by molar-refractivity contribution is -0.121. The van der Waals surface area contributed by atoms with Crippen molar-refractivity contribution in [2.75, 3.05) is 0 Å². The van der Waals surface area contributed by atoms with Gasteiger partial charge < -0.3 is 5.32 Å². The van der Waals surface area contributed by atoms with Gasteiger partial charge in [-0.05, 0) is 18.8 Å². The summed E-state index contributed by atoms with van der Waals surface area (Å²) >= 11 is 0. The lowest BCUT2D eigenvalue weighted by Gasteiger charge is -2.13. The summed E-state index contributed by atoms with van der Waals surface area (Å²) in [5, 5.41) is 4.90. The third kappa shape index (κ3) is 1.17. The predicted molar refractivity (Wildman–Crippen MR) is 42.4 cm³/mol. The number of carbonyl (C=O) groups is 2. The van der Waals surface area contributed by atoms with Gasteiger partial charge in [0.1, 0.15) is 6.04 Å². The molecule has 2 aliphatic rings. The second-order valence-electron chi connectivity index (χ2n) is 3.48. The minimum atomic E-state index is -0.336. The average molecular weight is 168 g/mol. The highest BCUT2D eigenvalue weighted by atomic mass is 16.2. The summed E-state index contributed by atoms with van der Waals surface area (Å²) in [5.41, 5.74) is 0. The van der Waals surface area contributed by atoms with Gasteiger partial charge in [-0.25, -0.2) is 4.79 Å². The molecular weight excluding hydrogens is 156 g/mol. The molecule has 1 saturated carbocycles. The summed E-state index contributed by atoms with van der Waals surface area (Å²) in [6.07, 6.45) is 4.51. The van der Waals surface area contributed by atoms with E-state index in [0.29, 0.717) is 5.92 Å². The van der Waals surface area contributed by atoms with Gasteiger partial charge in [0.15, 0.2) is 0 Å². The van der Waals surface area contributed by atoms with Crippen LogP contribution in [0.3, 0.4) is 0 Å². The zero-order chi connectivity index (χ0) is 8.55. The first-order valence-corrected chi connectivity index (χ1v) is 4.39. The van der Waals surface area contributed by atoms with Crippen molar-refractivity contribution in [1.29, 1.82) is 0 Å². The van der Waals surface area contributed by atoms with Crippen LogP contribution in [0.4, 0.5) is 4.79 Å². The van der Waals surface area contributed by atoms with E-state index in [1.165, 1.54) is 12.8 Å². The molecule has 2 rings (SSSR count). The van der Waals surface area contributed by atoms with Crippen LogP contribution < -0.4 is 10.6 Å². The molecule has 4 nitrogen and oxygen atoms in total. The lowest BCUT2D eigenvalue weighted by Crippen LogP contribution is -2.35. The maximum absolute atomic E-state index is 11.2. The van der Waals surface area contributed by atoms with Crippen LogP contribution in [0.5, 0.6) is 0 Å². The number of imide groups is 1. The molecule has 0 bridgehead atoms. The number of hydrogen-bond donors (Lipinski definition) is 2. The van der Waals surface area contributed by atoms with Gasteiger partial charge in [-0.2, -0.15) is 0 Å². The minimum absolute atomic E-state index is 0.146. The largest absolute Gasteiger partial charge is 0.326 e. The van der Waals surface area contributed by atoms with Crippen LogP contribution in [-0.2, 0) is 4.79 Å². The standard InChI is InChI=1S/C8H12N2O2/c11-7-6(9-8(12)10-7)5-3-1-2-4-5/h5-6H,1-4H2,(H2,9,10,11,12). The maximum Gasteiger partial charge on any atom is 0.322 e. The van der Waals surface area contributed by atoms with Crippen LogP contribution in [-0.4, -0.2) is 18.0 Å². The maximum atomic E-state index is 11.2. The van der Waals surface area contributed by atoms with Gasteiger partial charge >= 0.3 is 6.03 Å². The lowest BCUT2D eigenvalue weighted by atomic mass is 9.99. The van der Waals surface area contributed by atoms with Crippen molar-refractivity contribution in [3.63, 3.8) is 0 Å². The van der Waals surface area contributed by atoms with Crippen molar-refractivity contribution in [2.24, 2.45) is 5.92 Å². The fourth-order valence-electron chi connectivity index (χ4n) is 2.06. The first kappa shape index (κ1) is 7.58. The molecular formula is C8H12N2O2. The Bertz CT molecular complexity index is 221. The van der Waals surface area contributed by atoms with Crippen LogP contribution >= 0.6 is 0 Å². The highest BCUT2D eigenvalue weighted by molar-refractivity contribution is 6.04. The zero-order valence-corrected chi connectivity index (χ0v) is 6.80. The molecule has 4 heteroatoms. The van der Waals surface area contributed by atoms with E-state index in [1.54, 1.807) is 0 Å². The summed E-state index contributed by atoms with van der Waals surface area (Å²) in [6.45, 7) is 0. The minimum Gasteiger partial charge on any atom is -0.326 e. The molecule has 3 amide bonds. The number of nitrogens with one attached hydrogen (secondary N) is 2. The van der Waals surface area contributed by atoms with E-state index in [-0.39, 0.29) is 18.0 Å². The van der Waals surface area contributed by atoms with Crippen molar-refractivity contribution < 1.29 is 9.59 Å². The van der Waals surface area contributed by atoms with E-state index >= 15 is 0 Å². The van der Waals surface area contributed by atoms with E-state index in [9.17, 15) is 9.59 Å². The van der Waals surface area contributed by atoms with Crippen LogP contribution in [0.2, 0.25) is 0 Å². The van der Waals surface area contributed by atoms with Gasteiger partial charge in [0.2, 0.25) is 0 Å². The van der Waals surface area contributed by atoms with Gasteiger partial charge in [-0.15, -0.1) is 0 Å². The smallest absolute Gasteiger partial charge is 0.322 e. The summed E-state index contributed by atoms with van der Waals surface area (Å²) < 4.78 is 0. The molecule has 1 unspecified atom stereocenters. The molecule has 2 N–H and O–H groups in total.